The van der Waals surface area contributed by atoms with Crippen LogP contribution in [-0.4, -0.2) is 45.9 Å². The molecule has 13 heteroatoms. The molecule has 0 spiro atoms. The number of carbonyl (C=O) groups excluding carboxylic acids is 2. The van der Waals surface area contributed by atoms with E-state index >= 15 is 0 Å². The van der Waals surface area contributed by atoms with Crippen molar-refractivity contribution in [3.8, 4) is 22.6 Å². The maximum absolute atomic E-state index is 13.3. The lowest BCUT2D eigenvalue weighted by Gasteiger charge is -2.18. The molecule has 1 aliphatic heterocycles. The number of ether oxygens (including phenoxy) is 2. The summed E-state index contributed by atoms with van der Waals surface area (Å²) in [5, 5.41) is 3.44. The molecule has 4 aromatic rings. The summed E-state index contributed by atoms with van der Waals surface area (Å²) in [6, 6.07) is 7.09. The molecule has 0 fully saturated rings. The predicted octanol–water partition coefficient (Wildman–Crippen LogP) is 5.93. The number of fused-ring (bicyclic) bond motifs is 1. The van der Waals surface area contributed by atoms with E-state index in [1.165, 1.54) is 56.1 Å². The molecular weight excluding hydrogens is 564 g/mol. The van der Waals surface area contributed by atoms with Gasteiger partial charge in [0.1, 0.15) is 16.7 Å². The molecule has 1 aliphatic rings. The highest BCUT2D eigenvalue weighted by Gasteiger charge is 2.30. The number of thiazole rings is 1. The first-order chi connectivity index (χ1) is 19.2. The highest BCUT2D eigenvalue weighted by atomic mass is 35.5. The number of alkyl halides is 2. The standard InChI is InChI=1S/C27H22ClF2N5O4S/c1-13-6-16(17-8-23(28)32-10-21(17)39-3)18(9-31-13)25(36)34-27-33-19-11-35(12-22(19)40-27)26(37)15-5-4-14(24(29)30)7-20(15)38-2/h4-10,24H,11-12H2,1-3H3,(H,33,34,36). The van der Waals surface area contributed by atoms with Crippen molar-refractivity contribution in [1.29, 1.82) is 0 Å². The highest BCUT2D eigenvalue weighted by molar-refractivity contribution is 7.16. The maximum Gasteiger partial charge on any atom is 0.263 e. The quantitative estimate of drug-likeness (QED) is 0.268. The Bertz CT molecular complexity index is 1610. The number of nitrogens with one attached hydrogen (secondary N) is 1. The molecule has 5 rings (SSSR count). The molecule has 2 amide bonds. The Morgan fingerprint density at radius 1 is 1.02 bits per heavy atom. The molecule has 0 radical (unpaired) electrons. The number of aromatic nitrogens is 3. The van der Waals surface area contributed by atoms with Crippen molar-refractivity contribution in [2.75, 3.05) is 19.5 Å². The number of aryl methyl sites for hydroxylation is 1. The minimum Gasteiger partial charge on any atom is -0.496 e. The molecule has 0 aliphatic carbocycles. The minimum atomic E-state index is -2.68. The molecule has 0 atom stereocenters. The van der Waals surface area contributed by atoms with Crippen molar-refractivity contribution in [2.45, 2.75) is 26.4 Å². The lowest BCUT2D eigenvalue weighted by Crippen LogP contribution is -2.26. The van der Waals surface area contributed by atoms with E-state index in [1.807, 2.05) is 6.92 Å². The van der Waals surface area contributed by atoms with E-state index < -0.39 is 12.3 Å². The smallest absolute Gasteiger partial charge is 0.263 e. The first-order valence-corrected chi connectivity index (χ1v) is 13.1. The van der Waals surface area contributed by atoms with Crippen LogP contribution in [0.1, 0.15) is 49.0 Å². The third kappa shape index (κ3) is 5.32. The Kier molecular flexibility index (Phi) is 7.63. The summed E-state index contributed by atoms with van der Waals surface area (Å²) >= 11 is 7.37. The van der Waals surface area contributed by atoms with Gasteiger partial charge in [-0.3, -0.25) is 19.9 Å². The summed E-state index contributed by atoms with van der Waals surface area (Å²) in [6.07, 6.45) is 0.282. The number of benzene rings is 1. The average molecular weight is 586 g/mol. The number of anilines is 1. The fraction of sp³-hybridized carbons (Fsp3) is 0.222. The molecular formula is C27H22ClF2N5O4S. The number of methoxy groups -OCH3 is 2. The number of rotatable bonds is 7. The van der Waals surface area contributed by atoms with Crippen LogP contribution in [0.4, 0.5) is 13.9 Å². The normalized spacial score (nSPS) is 12.4. The van der Waals surface area contributed by atoms with Crippen molar-refractivity contribution in [2.24, 2.45) is 0 Å². The predicted molar refractivity (Wildman–Crippen MR) is 145 cm³/mol. The van der Waals surface area contributed by atoms with Gasteiger partial charge in [-0.1, -0.05) is 29.0 Å². The van der Waals surface area contributed by atoms with Crippen LogP contribution in [0.2, 0.25) is 5.15 Å². The van der Waals surface area contributed by atoms with Gasteiger partial charge < -0.3 is 14.4 Å². The molecule has 4 heterocycles. The number of halogens is 3. The number of pyridine rings is 2. The van der Waals surface area contributed by atoms with E-state index in [0.717, 1.165) is 4.88 Å². The first kappa shape index (κ1) is 27.4. The Labute approximate surface area is 236 Å². The summed E-state index contributed by atoms with van der Waals surface area (Å²) in [5.74, 6) is -0.272. The van der Waals surface area contributed by atoms with E-state index in [4.69, 9.17) is 21.1 Å². The van der Waals surface area contributed by atoms with Gasteiger partial charge in [0.25, 0.3) is 18.2 Å². The van der Waals surface area contributed by atoms with E-state index in [-0.39, 0.29) is 46.6 Å². The molecule has 206 valence electrons. The van der Waals surface area contributed by atoms with Crippen LogP contribution in [0.5, 0.6) is 11.5 Å². The van der Waals surface area contributed by atoms with Crippen LogP contribution in [0.15, 0.2) is 42.7 Å². The van der Waals surface area contributed by atoms with Gasteiger partial charge in [-0.25, -0.2) is 18.7 Å². The molecule has 0 bridgehead atoms. The van der Waals surface area contributed by atoms with Gasteiger partial charge in [-0.05, 0) is 31.2 Å². The molecule has 3 aromatic heterocycles. The molecule has 0 saturated carbocycles. The third-order valence-electron chi connectivity index (χ3n) is 6.30. The molecule has 1 aromatic carbocycles. The second kappa shape index (κ2) is 11.1. The number of nitrogens with zero attached hydrogens (tertiary/aromatic N) is 4. The van der Waals surface area contributed by atoms with E-state index in [9.17, 15) is 18.4 Å². The first-order valence-electron chi connectivity index (χ1n) is 11.9. The van der Waals surface area contributed by atoms with Gasteiger partial charge in [-0.2, -0.15) is 0 Å². The summed E-state index contributed by atoms with van der Waals surface area (Å²) in [7, 11) is 2.83. The van der Waals surface area contributed by atoms with Crippen molar-refractivity contribution in [3.05, 3.63) is 80.8 Å². The zero-order valence-corrected chi connectivity index (χ0v) is 23.1. The number of hydrogen-bond acceptors (Lipinski definition) is 8. The highest BCUT2D eigenvalue weighted by Crippen LogP contribution is 2.36. The monoisotopic (exact) mass is 585 g/mol. The van der Waals surface area contributed by atoms with Crippen molar-refractivity contribution in [3.63, 3.8) is 0 Å². The molecule has 1 N–H and O–H groups in total. The number of carbonyl (C=O) groups is 2. The van der Waals surface area contributed by atoms with Crippen LogP contribution in [-0.2, 0) is 13.1 Å². The Morgan fingerprint density at radius 3 is 2.50 bits per heavy atom. The Morgan fingerprint density at radius 2 is 1.80 bits per heavy atom. The largest absolute Gasteiger partial charge is 0.496 e. The Hall–Kier alpha value is -4.16. The minimum absolute atomic E-state index is 0.0774. The zero-order chi connectivity index (χ0) is 28.6. The van der Waals surface area contributed by atoms with Crippen molar-refractivity contribution >= 4 is 39.9 Å². The van der Waals surface area contributed by atoms with Gasteiger partial charge in [0.2, 0.25) is 0 Å². The zero-order valence-electron chi connectivity index (χ0n) is 21.5. The van der Waals surface area contributed by atoms with Crippen LogP contribution in [0.3, 0.4) is 0 Å². The maximum atomic E-state index is 13.3. The second-order valence-corrected chi connectivity index (χ2v) is 10.3. The van der Waals surface area contributed by atoms with Gasteiger partial charge >= 0.3 is 0 Å². The Balaban J connectivity index is 1.34. The van der Waals surface area contributed by atoms with Gasteiger partial charge in [0.05, 0.1) is 55.2 Å². The van der Waals surface area contributed by atoms with Gasteiger partial charge in [0, 0.05) is 28.6 Å². The van der Waals surface area contributed by atoms with Crippen molar-refractivity contribution < 1.29 is 27.8 Å². The van der Waals surface area contributed by atoms with E-state index in [2.05, 4.69) is 20.3 Å². The fourth-order valence-corrected chi connectivity index (χ4v) is 5.49. The lowest BCUT2D eigenvalue weighted by atomic mass is 10.0. The summed E-state index contributed by atoms with van der Waals surface area (Å²) in [5.41, 5.74) is 2.74. The number of hydrogen-bond donors (Lipinski definition) is 1. The summed E-state index contributed by atoms with van der Waals surface area (Å²) in [6.45, 7) is 2.26. The van der Waals surface area contributed by atoms with Crippen LogP contribution in [0.25, 0.3) is 11.1 Å². The fourth-order valence-electron chi connectivity index (χ4n) is 4.35. The molecule has 0 unspecified atom stereocenters. The average Bonchev–Trinajstić information content (AvgIpc) is 3.51. The SMILES string of the molecule is COc1cc(C(F)F)ccc1C(=O)N1Cc2nc(NC(=O)c3cnc(C)cc3-c3cc(Cl)ncc3OC)sc2C1. The third-order valence-corrected chi connectivity index (χ3v) is 7.50. The summed E-state index contributed by atoms with van der Waals surface area (Å²) < 4.78 is 36.7. The van der Waals surface area contributed by atoms with E-state index in [0.29, 0.717) is 33.4 Å². The van der Waals surface area contributed by atoms with Gasteiger partial charge in [-0.15, -0.1) is 0 Å². The topological polar surface area (TPSA) is 107 Å². The summed E-state index contributed by atoms with van der Waals surface area (Å²) in [4.78, 5) is 41.6. The van der Waals surface area contributed by atoms with E-state index in [1.54, 1.807) is 17.0 Å². The lowest BCUT2D eigenvalue weighted by molar-refractivity contribution is 0.0746. The van der Waals surface area contributed by atoms with Crippen LogP contribution >= 0.6 is 22.9 Å². The molecule has 9 nitrogen and oxygen atoms in total. The second-order valence-electron chi connectivity index (χ2n) is 8.84. The molecule has 0 saturated heterocycles. The van der Waals surface area contributed by atoms with Crippen molar-refractivity contribution in [1.82, 2.24) is 19.9 Å². The van der Waals surface area contributed by atoms with Crippen LogP contribution < -0.4 is 14.8 Å². The number of amides is 2. The molecule has 40 heavy (non-hydrogen) atoms. The van der Waals surface area contributed by atoms with Gasteiger partial charge in [0.15, 0.2) is 5.13 Å². The van der Waals surface area contributed by atoms with Crippen LogP contribution in [0, 0.1) is 6.92 Å².